The van der Waals surface area contributed by atoms with Crippen LogP contribution in [0, 0.1) is 13.8 Å². The summed E-state index contributed by atoms with van der Waals surface area (Å²) >= 11 is 1.37. The zero-order valence-corrected chi connectivity index (χ0v) is 21.1. The molecule has 1 aliphatic heterocycles. The van der Waals surface area contributed by atoms with E-state index in [1.807, 2.05) is 57.2 Å². The second-order valence-electron chi connectivity index (χ2n) is 8.83. The van der Waals surface area contributed by atoms with Crippen molar-refractivity contribution in [3.8, 4) is 5.75 Å². The molecule has 0 spiro atoms. The zero-order chi connectivity index (χ0) is 24.7. The van der Waals surface area contributed by atoms with Crippen LogP contribution in [0.25, 0.3) is 11.0 Å². The Balaban J connectivity index is 1.74. The molecule has 2 aromatic heterocycles. The van der Waals surface area contributed by atoms with Crippen molar-refractivity contribution in [1.29, 1.82) is 0 Å². The number of aryl methyl sites for hydroxylation is 3. The maximum atomic E-state index is 13.9. The van der Waals surface area contributed by atoms with Gasteiger partial charge in [0.15, 0.2) is 5.43 Å². The Morgan fingerprint density at radius 2 is 1.86 bits per heavy atom. The summed E-state index contributed by atoms with van der Waals surface area (Å²) in [6.45, 7) is 8.61. The molecule has 0 fully saturated rings. The summed E-state index contributed by atoms with van der Waals surface area (Å²) < 4.78 is 12.0. The van der Waals surface area contributed by atoms with Gasteiger partial charge in [-0.05, 0) is 67.6 Å². The van der Waals surface area contributed by atoms with Crippen molar-refractivity contribution >= 4 is 33.3 Å². The average molecular weight is 490 g/mol. The highest BCUT2D eigenvalue weighted by Crippen LogP contribution is 2.43. The number of aromatic nitrogens is 2. The molecule has 0 aliphatic carbocycles. The number of ether oxygens (including phenoxy) is 1. The number of fused-ring (bicyclic) bond motifs is 2. The molecule has 8 heteroatoms. The Morgan fingerprint density at radius 1 is 1.06 bits per heavy atom. The Kier molecular flexibility index (Phi) is 6.15. The fourth-order valence-corrected chi connectivity index (χ4v) is 5.36. The quantitative estimate of drug-likeness (QED) is 0.328. The lowest BCUT2D eigenvalue weighted by molar-refractivity contribution is 0.0970. The first-order valence-electron chi connectivity index (χ1n) is 11.9. The molecule has 0 N–H and O–H groups in total. The van der Waals surface area contributed by atoms with Crippen molar-refractivity contribution in [3.63, 3.8) is 0 Å². The molecule has 0 radical (unpaired) electrons. The molecule has 7 nitrogen and oxygen atoms in total. The number of nitrogens with zero attached hydrogens (tertiary/aromatic N) is 3. The van der Waals surface area contributed by atoms with E-state index in [2.05, 4.69) is 17.1 Å². The zero-order valence-electron chi connectivity index (χ0n) is 20.3. The lowest BCUT2D eigenvalue weighted by atomic mass is 9.97. The van der Waals surface area contributed by atoms with Gasteiger partial charge in [-0.2, -0.15) is 0 Å². The van der Waals surface area contributed by atoms with Crippen LogP contribution in [-0.2, 0) is 6.42 Å². The minimum absolute atomic E-state index is 0.0582. The molecular formula is C27H27N3O4S. The van der Waals surface area contributed by atoms with Crippen molar-refractivity contribution in [1.82, 2.24) is 10.2 Å². The molecule has 0 saturated carbocycles. The van der Waals surface area contributed by atoms with Crippen LogP contribution < -0.4 is 15.1 Å². The highest BCUT2D eigenvalue weighted by molar-refractivity contribution is 7.15. The van der Waals surface area contributed by atoms with Crippen molar-refractivity contribution in [2.75, 3.05) is 11.5 Å². The van der Waals surface area contributed by atoms with Crippen LogP contribution in [-0.4, -0.2) is 22.7 Å². The second kappa shape index (κ2) is 9.26. The Morgan fingerprint density at radius 3 is 2.63 bits per heavy atom. The molecular weight excluding hydrogens is 462 g/mol. The summed E-state index contributed by atoms with van der Waals surface area (Å²) in [7, 11) is 0. The van der Waals surface area contributed by atoms with Gasteiger partial charge in [-0.15, -0.1) is 10.2 Å². The molecule has 1 amide bonds. The standard InChI is InChI=1S/C27H27N3O4S/c1-5-8-21-28-29-27(35-21)30-23(17-9-7-10-18(14-17)33-11-6-2)22-24(31)19-12-15(3)16(4)13-20(19)34-25(22)26(30)32/h7,9-10,12-14,23H,5-6,8,11H2,1-4H3. The molecule has 35 heavy (non-hydrogen) atoms. The molecule has 5 rings (SSSR count). The Hall–Kier alpha value is -3.52. The largest absolute Gasteiger partial charge is 0.494 e. The number of carbonyl (C=O) groups is 1. The summed E-state index contributed by atoms with van der Waals surface area (Å²) in [6, 6.07) is 10.5. The van der Waals surface area contributed by atoms with Crippen LogP contribution in [0.1, 0.15) is 70.5 Å². The van der Waals surface area contributed by atoms with Gasteiger partial charge in [0.2, 0.25) is 10.9 Å². The summed E-state index contributed by atoms with van der Waals surface area (Å²) in [6.07, 6.45) is 2.57. The highest BCUT2D eigenvalue weighted by Gasteiger charge is 2.45. The van der Waals surface area contributed by atoms with Crippen molar-refractivity contribution in [2.24, 2.45) is 0 Å². The van der Waals surface area contributed by atoms with E-state index in [1.165, 1.54) is 11.3 Å². The Bertz CT molecular complexity index is 1490. The molecule has 0 bridgehead atoms. The predicted octanol–water partition coefficient (Wildman–Crippen LogP) is 5.75. The summed E-state index contributed by atoms with van der Waals surface area (Å²) in [4.78, 5) is 29.2. The number of anilines is 1. The van der Waals surface area contributed by atoms with E-state index >= 15 is 0 Å². The molecule has 180 valence electrons. The van der Waals surface area contributed by atoms with E-state index in [9.17, 15) is 9.59 Å². The molecule has 3 heterocycles. The second-order valence-corrected chi connectivity index (χ2v) is 9.87. The summed E-state index contributed by atoms with van der Waals surface area (Å²) in [5.41, 5.74) is 3.27. The van der Waals surface area contributed by atoms with Crippen LogP contribution in [0.4, 0.5) is 5.13 Å². The smallest absolute Gasteiger partial charge is 0.297 e. The monoisotopic (exact) mass is 489 g/mol. The van der Waals surface area contributed by atoms with Crippen LogP contribution in [0.15, 0.2) is 45.6 Å². The van der Waals surface area contributed by atoms with E-state index in [-0.39, 0.29) is 17.1 Å². The van der Waals surface area contributed by atoms with Gasteiger partial charge in [0.05, 0.1) is 23.6 Å². The number of hydrogen-bond acceptors (Lipinski definition) is 7. The number of benzene rings is 2. The number of carbonyl (C=O) groups excluding carboxylic acids is 1. The lowest BCUT2D eigenvalue weighted by Crippen LogP contribution is -2.29. The third-order valence-electron chi connectivity index (χ3n) is 6.26. The van der Waals surface area contributed by atoms with Crippen molar-refractivity contribution < 1.29 is 13.9 Å². The van der Waals surface area contributed by atoms with Crippen LogP contribution >= 0.6 is 11.3 Å². The Labute approximate surface area is 207 Å². The van der Waals surface area contributed by atoms with E-state index in [0.29, 0.717) is 34.0 Å². The number of amides is 1. The fraction of sp³-hybridized carbons (Fsp3) is 0.333. The van der Waals surface area contributed by atoms with E-state index in [1.54, 1.807) is 4.90 Å². The first-order chi connectivity index (χ1) is 16.9. The van der Waals surface area contributed by atoms with Gasteiger partial charge < -0.3 is 9.15 Å². The van der Waals surface area contributed by atoms with E-state index in [4.69, 9.17) is 9.15 Å². The minimum atomic E-state index is -0.688. The SMILES string of the molecule is CCCOc1cccc(C2c3c(oc4cc(C)c(C)cc4c3=O)C(=O)N2c2nnc(CCC)s2)c1. The topological polar surface area (TPSA) is 85.5 Å². The average Bonchev–Trinajstić information content (AvgIpc) is 3.42. The molecule has 2 aromatic carbocycles. The maximum Gasteiger partial charge on any atom is 0.297 e. The van der Waals surface area contributed by atoms with Gasteiger partial charge in [0.1, 0.15) is 16.3 Å². The summed E-state index contributed by atoms with van der Waals surface area (Å²) in [5.74, 6) is 0.356. The third-order valence-corrected chi connectivity index (χ3v) is 7.24. The van der Waals surface area contributed by atoms with Gasteiger partial charge in [0, 0.05) is 6.42 Å². The van der Waals surface area contributed by atoms with Gasteiger partial charge in [-0.25, -0.2) is 0 Å². The van der Waals surface area contributed by atoms with E-state index < -0.39 is 6.04 Å². The molecule has 0 saturated heterocycles. The van der Waals surface area contributed by atoms with Crippen LogP contribution in [0.2, 0.25) is 0 Å². The predicted molar refractivity (Wildman–Crippen MR) is 137 cm³/mol. The highest BCUT2D eigenvalue weighted by atomic mass is 32.1. The molecule has 1 aliphatic rings. The third kappa shape index (κ3) is 4.01. The number of hydrogen-bond donors (Lipinski definition) is 0. The lowest BCUT2D eigenvalue weighted by Gasteiger charge is -2.22. The van der Waals surface area contributed by atoms with Crippen molar-refractivity contribution in [2.45, 2.75) is 53.0 Å². The summed E-state index contributed by atoms with van der Waals surface area (Å²) in [5, 5.41) is 10.4. The molecule has 1 unspecified atom stereocenters. The first kappa shape index (κ1) is 23.2. The van der Waals surface area contributed by atoms with Gasteiger partial charge in [-0.3, -0.25) is 14.5 Å². The van der Waals surface area contributed by atoms with Gasteiger partial charge in [0.25, 0.3) is 5.91 Å². The molecule has 4 aromatic rings. The number of rotatable bonds is 7. The van der Waals surface area contributed by atoms with Crippen LogP contribution in [0.3, 0.4) is 0 Å². The van der Waals surface area contributed by atoms with Crippen molar-refractivity contribution in [3.05, 3.63) is 79.6 Å². The molecule has 1 atom stereocenters. The van der Waals surface area contributed by atoms with Gasteiger partial charge in [-0.1, -0.05) is 37.3 Å². The fourth-order valence-electron chi connectivity index (χ4n) is 4.39. The normalized spacial score (nSPS) is 15.1. The first-order valence-corrected chi connectivity index (χ1v) is 12.7. The maximum absolute atomic E-state index is 13.9. The minimum Gasteiger partial charge on any atom is -0.494 e. The van der Waals surface area contributed by atoms with E-state index in [0.717, 1.165) is 41.0 Å². The van der Waals surface area contributed by atoms with Crippen LogP contribution in [0.5, 0.6) is 5.75 Å². The van der Waals surface area contributed by atoms with Gasteiger partial charge >= 0.3 is 0 Å².